The minimum Gasteiger partial charge on any atom is -0.398 e. The predicted octanol–water partition coefficient (Wildman–Crippen LogP) is 2.65. The van der Waals surface area contributed by atoms with Crippen LogP contribution in [0.2, 0.25) is 0 Å². The van der Waals surface area contributed by atoms with E-state index < -0.39 is 0 Å². The van der Waals surface area contributed by atoms with Crippen LogP contribution >= 0.6 is 0 Å². The average Bonchev–Trinajstić information content (AvgIpc) is 2.96. The van der Waals surface area contributed by atoms with Crippen LogP contribution in [0, 0.1) is 5.92 Å². The fourth-order valence-electron chi connectivity index (χ4n) is 2.65. The van der Waals surface area contributed by atoms with Crippen molar-refractivity contribution in [3.05, 3.63) is 30.6 Å². The molecule has 4 nitrogen and oxygen atoms in total. The molecule has 3 N–H and O–H groups in total. The Bertz CT molecular complexity index is 579. The maximum atomic E-state index is 6.00. The van der Waals surface area contributed by atoms with Gasteiger partial charge in [-0.15, -0.1) is 0 Å². The zero-order valence-corrected chi connectivity index (χ0v) is 11.1. The van der Waals surface area contributed by atoms with Crippen LogP contribution in [0.3, 0.4) is 0 Å². The van der Waals surface area contributed by atoms with Crippen LogP contribution < -0.4 is 11.1 Å². The van der Waals surface area contributed by atoms with Crippen molar-refractivity contribution in [2.24, 2.45) is 5.92 Å². The van der Waals surface area contributed by atoms with Crippen molar-refractivity contribution >= 4 is 22.1 Å². The number of fused-ring (bicyclic) bond motifs is 1. The van der Waals surface area contributed by atoms with E-state index in [1.165, 1.54) is 0 Å². The SMILES string of the molecule is CC(Nc1ccc(N)c2ccncc12)C1CCOC1. The summed E-state index contributed by atoms with van der Waals surface area (Å²) in [6.45, 7) is 3.93. The van der Waals surface area contributed by atoms with Crippen molar-refractivity contribution in [3.63, 3.8) is 0 Å². The first-order valence-electron chi connectivity index (χ1n) is 6.72. The van der Waals surface area contributed by atoms with Gasteiger partial charge in [0.05, 0.1) is 6.61 Å². The Kier molecular flexibility index (Phi) is 3.25. The number of nitrogen functional groups attached to an aromatic ring is 1. The second-order valence-electron chi connectivity index (χ2n) is 5.18. The van der Waals surface area contributed by atoms with Crippen LogP contribution in [0.25, 0.3) is 10.8 Å². The molecular weight excluding hydrogens is 238 g/mol. The number of ether oxygens (including phenoxy) is 1. The van der Waals surface area contributed by atoms with Crippen molar-refractivity contribution in [1.82, 2.24) is 4.98 Å². The van der Waals surface area contributed by atoms with E-state index in [0.717, 1.165) is 41.8 Å². The highest BCUT2D eigenvalue weighted by Gasteiger charge is 2.22. The fraction of sp³-hybridized carbons (Fsp3) is 0.400. The maximum Gasteiger partial charge on any atom is 0.0514 e. The first-order chi connectivity index (χ1) is 9.25. The molecule has 0 spiro atoms. The molecule has 2 atom stereocenters. The Balaban J connectivity index is 1.90. The number of hydrogen-bond donors (Lipinski definition) is 2. The molecule has 1 fully saturated rings. The first kappa shape index (κ1) is 12.2. The lowest BCUT2D eigenvalue weighted by Crippen LogP contribution is -2.26. The quantitative estimate of drug-likeness (QED) is 0.830. The van der Waals surface area contributed by atoms with Gasteiger partial charge < -0.3 is 15.8 Å². The molecule has 0 bridgehead atoms. The molecule has 1 aromatic carbocycles. The van der Waals surface area contributed by atoms with Crippen LogP contribution in [-0.4, -0.2) is 24.2 Å². The van der Waals surface area contributed by atoms with Crippen molar-refractivity contribution in [1.29, 1.82) is 0 Å². The summed E-state index contributed by atoms with van der Waals surface area (Å²) in [6.07, 6.45) is 4.77. The summed E-state index contributed by atoms with van der Waals surface area (Å²) < 4.78 is 5.45. The average molecular weight is 257 g/mol. The Labute approximate surface area is 113 Å². The fourth-order valence-corrected chi connectivity index (χ4v) is 2.65. The van der Waals surface area contributed by atoms with Gasteiger partial charge in [0.1, 0.15) is 0 Å². The van der Waals surface area contributed by atoms with Crippen LogP contribution in [0.5, 0.6) is 0 Å². The van der Waals surface area contributed by atoms with Gasteiger partial charge in [0, 0.05) is 53.1 Å². The number of benzene rings is 1. The van der Waals surface area contributed by atoms with E-state index in [9.17, 15) is 0 Å². The molecule has 1 aromatic heterocycles. The molecule has 0 saturated carbocycles. The number of nitrogens with two attached hydrogens (primary N) is 1. The number of rotatable bonds is 3. The third-order valence-electron chi connectivity index (χ3n) is 3.91. The second-order valence-corrected chi connectivity index (χ2v) is 5.18. The van der Waals surface area contributed by atoms with E-state index in [1.54, 1.807) is 6.20 Å². The predicted molar refractivity (Wildman–Crippen MR) is 78.2 cm³/mol. The molecule has 2 heterocycles. The van der Waals surface area contributed by atoms with E-state index in [2.05, 4.69) is 17.2 Å². The normalized spacial score (nSPS) is 20.6. The Hall–Kier alpha value is -1.81. The van der Waals surface area contributed by atoms with Crippen LogP contribution in [-0.2, 0) is 4.74 Å². The molecule has 0 amide bonds. The van der Waals surface area contributed by atoms with Gasteiger partial charge in [0.15, 0.2) is 0 Å². The first-order valence-corrected chi connectivity index (χ1v) is 6.72. The molecule has 1 aliphatic heterocycles. The highest BCUT2D eigenvalue weighted by molar-refractivity contribution is 6.00. The summed E-state index contributed by atoms with van der Waals surface area (Å²) in [5, 5.41) is 5.71. The highest BCUT2D eigenvalue weighted by atomic mass is 16.5. The van der Waals surface area contributed by atoms with E-state index in [0.29, 0.717) is 12.0 Å². The second kappa shape index (κ2) is 5.05. The van der Waals surface area contributed by atoms with E-state index in [-0.39, 0.29) is 0 Å². The minimum absolute atomic E-state index is 0.384. The summed E-state index contributed by atoms with van der Waals surface area (Å²) in [5.74, 6) is 0.573. The van der Waals surface area contributed by atoms with E-state index in [4.69, 9.17) is 10.5 Å². The van der Waals surface area contributed by atoms with Crippen molar-refractivity contribution in [2.75, 3.05) is 24.3 Å². The van der Waals surface area contributed by atoms with Gasteiger partial charge in [-0.05, 0) is 31.5 Å². The van der Waals surface area contributed by atoms with Gasteiger partial charge >= 0.3 is 0 Å². The lowest BCUT2D eigenvalue weighted by molar-refractivity contribution is 0.183. The number of aromatic nitrogens is 1. The molecule has 3 rings (SSSR count). The molecular formula is C15H19N3O. The molecule has 0 aliphatic carbocycles. The molecule has 1 saturated heterocycles. The Morgan fingerprint density at radius 3 is 3.05 bits per heavy atom. The van der Waals surface area contributed by atoms with E-state index in [1.807, 2.05) is 24.4 Å². The van der Waals surface area contributed by atoms with Crippen LogP contribution in [0.15, 0.2) is 30.6 Å². The smallest absolute Gasteiger partial charge is 0.0514 e. The van der Waals surface area contributed by atoms with Gasteiger partial charge in [0.25, 0.3) is 0 Å². The van der Waals surface area contributed by atoms with Crippen molar-refractivity contribution < 1.29 is 4.74 Å². The van der Waals surface area contributed by atoms with Crippen molar-refractivity contribution in [3.8, 4) is 0 Å². The summed E-state index contributed by atoms with van der Waals surface area (Å²) in [4.78, 5) is 4.20. The maximum absolute atomic E-state index is 6.00. The number of anilines is 2. The topological polar surface area (TPSA) is 60.2 Å². The van der Waals surface area contributed by atoms with Crippen LogP contribution in [0.1, 0.15) is 13.3 Å². The standard InChI is InChI=1S/C15H19N3O/c1-10(11-5-7-19-9-11)18-15-3-2-14(16)12-4-6-17-8-13(12)15/h2-4,6,8,10-11,18H,5,7,9,16H2,1H3. The number of nitrogens with zero attached hydrogens (tertiary/aromatic N) is 1. The summed E-state index contributed by atoms with van der Waals surface area (Å²) in [5.41, 5.74) is 7.89. The van der Waals surface area contributed by atoms with Crippen LogP contribution in [0.4, 0.5) is 11.4 Å². The lowest BCUT2D eigenvalue weighted by atomic mass is 10.00. The number of hydrogen-bond acceptors (Lipinski definition) is 4. The zero-order chi connectivity index (χ0) is 13.2. The molecule has 0 radical (unpaired) electrons. The largest absolute Gasteiger partial charge is 0.398 e. The monoisotopic (exact) mass is 257 g/mol. The summed E-state index contributed by atoms with van der Waals surface area (Å²) in [7, 11) is 0. The lowest BCUT2D eigenvalue weighted by Gasteiger charge is -2.21. The molecule has 2 aromatic rings. The summed E-state index contributed by atoms with van der Waals surface area (Å²) in [6, 6.07) is 6.32. The van der Waals surface area contributed by atoms with Gasteiger partial charge in [-0.3, -0.25) is 4.98 Å². The molecule has 100 valence electrons. The molecule has 19 heavy (non-hydrogen) atoms. The third-order valence-corrected chi connectivity index (χ3v) is 3.91. The van der Waals surface area contributed by atoms with Gasteiger partial charge in [0.2, 0.25) is 0 Å². The van der Waals surface area contributed by atoms with E-state index >= 15 is 0 Å². The number of nitrogens with one attached hydrogen (secondary N) is 1. The molecule has 2 unspecified atom stereocenters. The zero-order valence-electron chi connectivity index (χ0n) is 11.1. The third kappa shape index (κ3) is 2.36. The highest BCUT2D eigenvalue weighted by Crippen LogP contribution is 2.29. The Morgan fingerprint density at radius 2 is 2.26 bits per heavy atom. The Morgan fingerprint density at radius 1 is 1.37 bits per heavy atom. The van der Waals surface area contributed by atoms with Gasteiger partial charge in [-0.2, -0.15) is 0 Å². The van der Waals surface area contributed by atoms with Gasteiger partial charge in [-0.1, -0.05) is 0 Å². The minimum atomic E-state index is 0.384. The summed E-state index contributed by atoms with van der Waals surface area (Å²) >= 11 is 0. The molecule has 4 heteroatoms. The van der Waals surface area contributed by atoms with Crippen molar-refractivity contribution in [2.45, 2.75) is 19.4 Å². The number of pyridine rings is 1. The molecule has 1 aliphatic rings. The van der Waals surface area contributed by atoms with Gasteiger partial charge in [-0.25, -0.2) is 0 Å².